The average molecular weight is 1500 g/mol. The lowest BCUT2D eigenvalue weighted by Gasteiger charge is -2.31. The van der Waals surface area contributed by atoms with Crippen LogP contribution in [-0.2, 0) is 87.9 Å². The zero-order valence-electron chi connectivity index (χ0n) is 61.7. The number of aromatic hydroxyl groups is 1. The second kappa shape index (κ2) is 46.7. The number of carboxylic acid groups (broad SMARTS) is 1. The molecule has 0 radical (unpaired) electrons. The summed E-state index contributed by atoms with van der Waals surface area (Å²) in [7, 11) is 0. The molecule has 14 atom stereocenters. The van der Waals surface area contributed by atoms with Crippen LogP contribution in [0.25, 0.3) is 0 Å². The van der Waals surface area contributed by atoms with Gasteiger partial charge in [-0.3, -0.25) is 76.7 Å². The van der Waals surface area contributed by atoms with Crippen LogP contribution in [-0.4, -0.2) is 214 Å². The van der Waals surface area contributed by atoms with Gasteiger partial charge in [-0.2, -0.15) is 0 Å². The first-order valence-corrected chi connectivity index (χ1v) is 35.7. The predicted octanol–water partition coefficient (Wildman–Crippen LogP) is -5.75. The van der Waals surface area contributed by atoms with Crippen molar-refractivity contribution in [2.24, 2.45) is 63.8 Å². The van der Waals surface area contributed by atoms with Crippen molar-refractivity contribution in [2.45, 2.75) is 237 Å². The maximum absolute atomic E-state index is 14.7. The number of aliphatic carboxylic acids is 1. The van der Waals surface area contributed by atoms with Crippen LogP contribution in [0.4, 0.5) is 0 Å². The molecular weight excluding hydrogens is 1390 g/mol. The number of carboxylic acids is 1. The number of benzene rings is 1. The number of hydrogen-bond donors (Lipinski definition) is 20. The molecule has 0 bridgehead atoms. The molecule has 1 heterocycles. The van der Waals surface area contributed by atoms with Crippen LogP contribution in [0, 0.1) is 23.7 Å². The SMILES string of the molecule is CC[C@@H](C)C(NC(=O)CNC(=O)C(CC(N)=O)NC(=O)C(CC(C)C)NC(=O)C(N)[C@@H](C)CC)C(=O)NC(CC(N)=O)C(=O)NC(CC(N)=O)C(=O)NC(Cc1ccc(O)cc1)C(=O)NC(CCCCN)C(=O)NC(CC(N)=O)C(=O)N1CCCC1C(=O)NC(CCCCN)C(=O)NC(CC(C)C)C(=O)O. The van der Waals surface area contributed by atoms with Gasteiger partial charge in [0.25, 0.3) is 0 Å². The van der Waals surface area contributed by atoms with Gasteiger partial charge in [0.05, 0.1) is 38.3 Å². The molecule has 1 saturated heterocycles. The summed E-state index contributed by atoms with van der Waals surface area (Å²) in [4.78, 5) is 231. The van der Waals surface area contributed by atoms with Gasteiger partial charge in [0.2, 0.25) is 94.5 Å². The Hall–Kier alpha value is -10.1. The van der Waals surface area contributed by atoms with Gasteiger partial charge in [0.15, 0.2) is 0 Å². The number of phenols is 1. The quantitative estimate of drug-likeness (QED) is 0.0270. The fraction of sp³-hybridized carbons (Fsp3) is 0.662. The highest BCUT2D eigenvalue weighted by Crippen LogP contribution is 2.22. The summed E-state index contributed by atoms with van der Waals surface area (Å²) in [6.07, 6.45) is -1.70. The molecule has 38 heteroatoms. The van der Waals surface area contributed by atoms with Crippen LogP contribution < -0.4 is 98.6 Å². The maximum Gasteiger partial charge on any atom is 0.326 e. The maximum atomic E-state index is 14.7. The third-order valence-electron chi connectivity index (χ3n) is 17.6. The smallest absolute Gasteiger partial charge is 0.326 e. The number of hydrogen-bond acceptors (Lipinski definition) is 21. The van der Waals surface area contributed by atoms with E-state index in [9.17, 15) is 91.7 Å². The number of primary amides is 4. The molecule has 594 valence electrons. The number of nitrogens with one attached hydrogen (secondary N) is 11. The number of amides is 16. The van der Waals surface area contributed by atoms with Crippen molar-refractivity contribution in [1.29, 1.82) is 0 Å². The number of carbonyl (C=O) groups is 17. The Balaban J connectivity index is 2.51. The lowest BCUT2D eigenvalue weighted by Crippen LogP contribution is -2.61. The van der Waals surface area contributed by atoms with Gasteiger partial charge in [-0.25, -0.2) is 4.79 Å². The van der Waals surface area contributed by atoms with E-state index in [4.69, 9.17) is 40.1 Å². The van der Waals surface area contributed by atoms with Gasteiger partial charge in [-0.05, 0) is 119 Å². The molecule has 1 fully saturated rings. The first-order valence-electron chi connectivity index (χ1n) is 35.7. The Morgan fingerprint density at radius 2 is 0.868 bits per heavy atom. The van der Waals surface area contributed by atoms with E-state index in [1.165, 1.54) is 31.2 Å². The molecule has 16 amide bonds. The van der Waals surface area contributed by atoms with E-state index >= 15 is 0 Å². The van der Waals surface area contributed by atoms with Crippen molar-refractivity contribution in [3.05, 3.63) is 29.8 Å². The van der Waals surface area contributed by atoms with Gasteiger partial charge in [-0.15, -0.1) is 0 Å². The van der Waals surface area contributed by atoms with Crippen molar-refractivity contribution < 1.29 is 91.7 Å². The normalized spacial score (nSPS) is 16.3. The third kappa shape index (κ3) is 32.9. The van der Waals surface area contributed by atoms with E-state index in [1.807, 2.05) is 6.92 Å². The monoisotopic (exact) mass is 1500 g/mol. The molecule has 0 saturated carbocycles. The Labute approximate surface area is 616 Å². The zero-order valence-corrected chi connectivity index (χ0v) is 61.7. The first-order chi connectivity index (χ1) is 49.8. The molecule has 1 aliphatic heterocycles. The van der Waals surface area contributed by atoms with Gasteiger partial charge >= 0.3 is 5.97 Å². The molecule has 2 rings (SSSR count). The minimum absolute atomic E-state index is 0.0460. The minimum Gasteiger partial charge on any atom is -0.508 e. The molecule has 1 aliphatic rings. The lowest BCUT2D eigenvalue weighted by molar-refractivity contribution is -0.144. The summed E-state index contributed by atoms with van der Waals surface area (Å²) in [6.45, 7) is 13.2. The Bertz CT molecular complexity index is 3210. The van der Waals surface area contributed by atoms with Crippen LogP contribution >= 0.6 is 0 Å². The molecule has 0 aromatic heterocycles. The van der Waals surface area contributed by atoms with Gasteiger partial charge < -0.3 is 114 Å². The van der Waals surface area contributed by atoms with Gasteiger partial charge in [-0.1, -0.05) is 80.4 Å². The molecule has 38 nitrogen and oxygen atoms in total. The van der Waals surface area contributed by atoms with Gasteiger partial charge in [0.1, 0.15) is 72.2 Å². The molecule has 1 aromatic rings. The van der Waals surface area contributed by atoms with E-state index in [0.29, 0.717) is 19.3 Å². The second-order valence-corrected chi connectivity index (χ2v) is 27.5. The standard InChI is InChI=1S/C68H113N19O19/c1-9-36(7)55(75)65(102)82-42(26-34(3)4)60(97)80-44(29-50(71)89)57(94)76-33-54(93)86-56(37(8)10-2)66(103)83-46(31-52(73)91)63(100)81-45(30-51(72)90)62(99)79-43(28-38-19-21-39(88)22-20-38)61(98)77-40(16-11-13-23-69)58(95)84-47(32-53(74)92)67(104)87-25-15-18-49(87)64(101)78-41(17-12-14-24-70)59(96)85-48(68(105)106)27-35(5)6/h19-22,34-37,40-49,55-56,88H,9-18,23-33,69-70,75H2,1-8H3,(H2,71,89)(H2,72,90)(H2,73,91)(H2,74,92)(H,76,94)(H,77,98)(H,78,101)(H,79,99)(H,80,97)(H,81,100)(H,82,102)(H,83,103)(H,84,95)(H,85,96)(H,86,93)(H,105,106)/t36-,37+,40?,41?,42?,43?,44?,45?,46?,47?,48?,49?,55?,56?/m0/s1. The van der Waals surface area contributed by atoms with Crippen molar-refractivity contribution in [2.75, 3.05) is 26.2 Å². The number of rotatable bonds is 50. The van der Waals surface area contributed by atoms with Crippen LogP contribution in [0.15, 0.2) is 24.3 Å². The van der Waals surface area contributed by atoms with E-state index in [1.54, 1.807) is 41.5 Å². The predicted molar refractivity (Wildman–Crippen MR) is 383 cm³/mol. The van der Waals surface area contributed by atoms with Crippen LogP contribution in [0.1, 0.15) is 164 Å². The largest absolute Gasteiger partial charge is 0.508 e. The molecule has 12 unspecified atom stereocenters. The fourth-order valence-corrected chi connectivity index (χ4v) is 11.3. The average Bonchev–Trinajstić information content (AvgIpc) is 1.73. The topological polar surface area (TPSA) is 648 Å². The summed E-state index contributed by atoms with van der Waals surface area (Å²) >= 11 is 0. The zero-order chi connectivity index (χ0) is 80.2. The second-order valence-electron chi connectivity index (χ2n) is 27.5. The van der Waals surface area contributed by atoms with E-state index < -0.39 is 218 Å². The molecule has 0 spiro atoms. The molecule has 0 aliphatic carbocycles. The number of phenolic OH excluding ortho intramolecular Hbond substituents is 1. The highest BCUT2D eigenvalue weighted by molar-refractivity contribution is 6.02. The Morgan fingerprint density at radius 1 is 0.472 bits per heavy atom. The van der Waals surface area contributed by atoms with Crippen LogP contribution in [0.2, 0.25) is 0 Å². The third-order valence-corrected chi connectivity index (χ3v) is 17.6. The summed E-state index contributed by atoms with van der Waals surface area (Å²) in [5.74, 6) is -19.4. The first kappa shape index (κ1) is 92.0. The van der Waals surface area contributed by atoms with Crippen molar-refractivity contribution in [3.63, 3.8) is 0 Å². The number of nitrogens with zero attached hydrogens (tertiary/aromatic N) is 1. The molecule has 27 N–H and O–H groups in total. The minimum atomic E-state index is -2.02. The summed E-state index contributed by atoms with van der Waals surface area (Å²) in [5, 5.41) is 46.7. The van der Waals surface area contributed by atoms with Crippen molar-refractivity contribution in [3.8, 4) is 5.75 Å². The highest BCUT2D eigenvalue weighted by Gasteiger charge is 2.42. The van der Waals surface area contributed by atoms with Crippen LogP contribution in [0.3, 0.4) is 0 Å². The van der Waals surface area contributed by atoms with Gasteiger partial charge in [0, 0.05) is 13.0 Å². The van der Waals surface area contributed by atoms with E-state index in [0.717, 1.165) is 4.90 Å². The van der Waals surface area contributed by atoms with Crippen molar-refractivity contribution in [1.82, 2.24) is 63.4 Å². The van der Waals surface area contributed by atoms with E-state index in [-0.39, 0.29) is 106 Å². The Morgan fingerprint density at radius 3 is 1.34 bits per heavy atom. The molecule has 106 heavy (non-hydrogen) atoms. The fourth-order valence-electron chi connectivity index (χ4n) is 11.3. The number of unbranched alkanes of at least 4 members (excludes halogenated alkanes) is 2. The number of nitrogens with two attached hydrogens (primary N) is 7. The van der Waals surface area contributed by atoms with Crippen molar-refractivity contribution >= 4 is 100 Å². The van der Waals surface area contributed by atoms with Crippen LogP contribution in [0.5, 0.6) is 5.75 Å². The summed E-state index contributed by atoms with van der Waals surface area (Å²) in [5.41, 5.74) is 40.0. The summed E-state index contributed by atoms with van der Waals surface area (Å²) in [6, 6.07) is -13.1. The number of likely N-dealkylation sites (tertiary alicyclic amines) is 1. The molecule has 1 aromatic carbocycles. The summed E-state index contributed by atoms with van der Waals surface area (Å²) < 4.78 is 0. The molecular formula is C68H113N19O19. The Kier molecular flexibility index (Phi) is 40.5. The van der Waals surface area contributed by atoms with E-state index in [2.05, 4.69) is 58.5 Å². The lowest BCUT2D eigenvalue weighted by atomic mass is 9.97. The number of carbonyl (C=O) groups excluding carboxylic acids is 16. The highest BCUT2D eigenvalue weighted by atomic mass is 16.4.